The van der Waals surface area contributed by atoms with Crippen molar-refractivity contribution >= 4 is 11.6 Å². The van der Waals surface area contributed by atoms with Crippen molar-refractivity contribution in [2.45, 2.75) is 25.9 Å². The van der Waals surface area contributed by atoms with Crippen molar-refractivity contribution in [1.82, 2.24) is 4.90 Å². The van der Waals surface area contributed by atoms with E-state index in [1.807, 2.05) is 0 Å². The fourth-order valence-electron chi connectivity index (χ4n) is 1.54. The van der Waals surface area contributed by atoms with Crippen molar-refractivity contribution in [3.8, 4) is 11.8 Å². The third kappa shape index (κ3) is 3.19. The molecule has 0 bridgehead atoms. The second-order valence-electron chi connectivity index (χ2n) is 3.40. The van der Waals surface area contributed by atoms with Gasteiger partial charge in [-0.15, -0.1) is 11.6 Å². The molecule has 0 aromatic carbocycles. The minimum absolute atomic E-state index is 0.424. The highest BCUT2D eigenvalue weighted by molar-refractivity contribution is 6.19. The lowest BCUT2D eigenvalue weighted by Gasteiger charge is -2.37. The molecule has 2 unspecified atom stereocenters. The van der Waals surface area contributed by atoms with E-state index in [1.54, 1.807) is 0 Å². The van der Waals surface area contributed by atoms with Crippen LogP contribution in [0.3, 0.4) is 0 Å². The van der Waals surface area contributed by atoms with Crippen LogP contribution in [0.25, 0.3) is 0 Å². The summed E-state index contributed by atoms with van der Waals surface area (Å²) in [4.78, 5) is 2.35. The zero-order valence-corrected chi connectivity index (χ0v) is 8.97. The van der Waals surface area contributed by atoms with Gasteiger partial charge in [-0.05, 0) is 13.8 Å². The van der Waals surface area contributed by atoms with E-state index in [-0.39, 0.29) is 0 Å². The zero-order chi connectivity index (χ0) is 9.68. The summed E-state index contributed by atoms with van der Waals surface area (Å²) >= 11 is 5.48. The summed E-state index contributed by atoms with van der Waals surface area (Å²) in [7, 11) is 0. The Morgan fingerprint density at radius 2 is 1.92 bits per heavy atom. The highest BCUT2D eigenvalue weighted by atomic mass is 35.5. The number of halogens is 1. The smallest absolute Gasteiger partial charge is 0.0835 e. The molecule has 13 heavy (non-hydrogen) atoms. The van der Waals surface area contributed by atoms with Crippen LogP contribution in [-0.4, -0.2) is 42.6 Å². The molecule has 0 spiro atoms. The summed E-state index contributed by atoms with van der Waals surface area (Å²) in [5.74, 6) is 6.35. The fraction of sp³-hybridized carbons (Fsp3) is 0.800. The number of nitrogens with zero attached hydrogens (tertiary/aromatic N) is 1. The van der Waals surface area contributed by atoms with Gasteiger partial charge >= 0.3 is 0 Å². The lowest BCUT2D eigenvalue weighted by molar-refractivity contribution is -0.0296. The van der Waals surface area contributed by atoms with E-state index in [0.717, 1.165) is 19.8 Å². The minimum Gasteiger partial charge on any atom is -0.378 e. The van der Waals surface area contributed by atoms with Gasteiger partial charge in [0.2, 0.25) is 0 Å². The van der Waals surface area contributed by atoms with Gasteiger partial charge in [-0.2, -0.15) is 0 Å². The van der Waals surface area contributed by atoms with Crippen molar-refractivity contribution in [3.05, 3.63) is 0 Å². The lowest BCUT2D eigenvalue weighted by Crippen LogP contribution is -2.49. The predicted molar refractivity (Wildman–Crippen MR) is 54.9 cm³/mol. The molecule has 0 aromatic rings. The first kappa shape index (κ1) is 10.8. The number of hydrogen-bond donors (Lipinski definition) is 0. The third-order valence-electron chi connectivity index (χ3n) is 2.30. The Hall–Kier alpha value is -0.230. The second kappa shape index (κ2) is 5.49. The van der Waals surface area contributed by atoms with Crippen LogP contribution in [0.4, 0.5) is 0 Å². The van der Waals surface area contributed by atoms with Crippen molar-refractivity contribution < 1.29 is 4.74 Å². The van der Waals surface area contributed by atoms with Gasteiger partial charge in [-0.1, -0.05) is 11.8 Å². The van der Waals surface area contributed by atoms with Crippen LogP contribution in [0.5, 0.6) is 0 Å². The van der Waals surface area contributed by atoms with Gasteiger partial charge in [0.15, 0.2) is 0 Å². The molecular weight excluding hydrogens is 186 g/mol. The molecule has 3 heteroatoms. The van der Waals surface area contributed by atoms with Crippen LogP contribution >= 0.6 is 11.6 Å². The number of alkyl halides is 1. The Bertz CT molecular complexity index is 199. The van der Waals surface area contributed by atoms with Crippen LogP contribution in [0, 0.1) is 11.8 Å². The molecule has 0 aliphatic carbocycles. The lowest BCUT2D eigenvalue weighted by atomic mass is 10.2. The maximum absolute atomic E-state index is 5.48. The molecule has 2 nitrogen and oxygen atoms in total. The molecule has 0 aromatic heterocycles. The molecule has 0 saturated carbocycles. The SMILES string of the molecule is CC1COCC(C)N1CC#CCCl. The molecule has 1 aliphatic rings. The largest absolute Gasteiger partial charge is 0.378 e. The molecule has 1 heterocycles. The van der Waals surface area contributed by atoms with Crippen molar-refractivity contribution in [2.24, 2.45) is 0 Å². The minimum atomic E-state index is 0.424. The van der Waals surface area contributed by atoms with Gasteiger partial charge in [0, 0.05) is 12.1 Å². The summed E-state index contributed by atoms with van der Waals surface area (Å²) in [6.07, 6.45) is 0. The molecule has 0 radical (unpaired) electrons. The monoisotopic (exact) mass is 201 g/mol. The van der Waals surface area contributed by atoms with Crippen LogP contribution in [0.1, 0.15) is 13.8 Å². The molecule has 1 rings (SSSR count). The summed E-state index contributed by atoms with van der Waals surface area (Å²) in [6.45, 7) is 6.76. The van der Waals surface area contributed by atoms with E-state index in [9.17, 15) is 0 Å². The highest BCUT2D eigenvalue weighted by Crippen LogP contribution is 2.11. The maximum Gasteiger partial charge on any atom is 0.0835 e. The second-order valence-corrected chi connectivity index (χ2v) is 3.66. The van der Waals surface area contributed by atoms with Crippen molar-refractivity contribution in [1.29, 1.82) is 0 Å². The van der Waals surface area contributed by atoms with Gasteiger partial charge in [0.25, 0.3) is 0 Å². The van der Waals surface area contributed by atoms with E-state index in [1.165, 1.54) is 0 Å². The molecule has 74 valence electrons. The van der Waals surface area contributed by atoms with Crippen LogP contribution in [0.15, 0.2) is 0 Å². The maximum atomic E-state index is 5.48. The summed E-state index contributed by atoms with van der Waals surface area (Å²) in [5.41, 5.74) is 0. The van der Waals surface area contributed by atoms with E-state index in [2.05, 4.69) is 30.6 Å². The van der Waals surface area contributed by atoms with E-state index >= 15 is 0 Å². The molecule has 1 saturated heterocycles. The summed E-state index contributed by atoms with van der Waals surface area (Å²) < 4.78 is 5.41. The topological polar surface area (TPSA) is 12.5 Å². The van der Waals surface area contributed by atoms with E-state index < -0.39 is 0 Å². The average molecular weight is 202 g/mol. The average Bonchev–Trinajstić information content (AvgIpc) is 2.10. The first-order valence-corrected chi connectivity index (χ1v) is 5.14. The highest BCUT2D eigenvalue weighted by Gasteiger charge is 2.23. The van der Waals surface area contributed by atoms with Gasteiger partial charge in [0.05, 0.1) is 25.6 Å². The van der Waals surface area contributed by atoms with Gasteiger partial charge in [-0.3, -0.25) is 4.90 Å². The molecule has 0 amide bonds. The standard InChI is InChI=1S/C10H16ClNO/c1-9-7-13-8-10(2)12(9)6-4-3-5-11/h9-10H,5-8H2,1-2H3. The number of hydrogen-bond acceptors (Lipinski definition) is 2. The van der Waals surface area contributed by atoms with Gasteiger partial charge in [0.1, 0.15) is 0 Å². The number of rotatable bonds is 1. The van der Waals surface area contributed by atoms with Crippen molar-refractivity contribution in [3.63, 3.8) is 0 Å². The summed E-state index contributed by atoms with van der Waals surface area (Å²) in [5, 5.41) is 0. The predicted octanol–water partition coefficient (Wildman–Crippen LogP) is 1.34. The zero-order valence-electron chi connectivity index (χ0n) is 8.22. The quantitative estimate of drug-likeness (QED) is 0.469. The number of morpholine rings is 1. The first-order valence-electron chi connectivity index (χ1n) is 4.61. The van der Waals surface area contributed by atoms with Gasteiger partial charge in [-0.25, -0.2) is 0 Å². The third-order valence-corrected chi connectivity index (χ3v) is 2.44. The number of ether oxygens (including phenoxy) is 1. The normalized spacial score (nSPS) is 29.5. The Balaban J connectivity index is 2.44. The van der Waals surface area contributed by atoms with E-state index in [4.69, 9.17) is 16.3 Å². The Labute approximate surface area is 85.2 Å². The molecule has 2 atom stereocenters. The Kier molecular flexibility index (Phi) is 4.58. The van der Waals surface area contributed by atoms with E-state index in [0.29, 0.717) is 18.0 Å². The van der Waals surface area contributed by atoms with Crippen LogP contribution < -0.4 is 0 Å². The Morgan fingerprint density at radius 1 is 1.31 bits per heavy atom. The van der Waals surface area contributed by atoms with Crippen LogP contribution in [0.2, 0.25) is 0 Å². The molecule has 0 N–H and O–H groups in total. The summed E-state index contributed by atoms with van der Waals surface area (Å²) in [6, 6.07) is 0.932. The first-order chi connectivity index (χ1) is 6.25. The molecular formula is C10H16ClNO. The molecule has 1 fully saturated rings. The Morgan fingerprint density at radius 3 is 2.46 bits per heavy atom. The van der Waals surface area contributed by atoms with Gasteiger partial charge < -0.3 is 4.74 Å². The van der Waals surface area contributed by atoms with Crippen molar-refractivity contribution in [2.75, 3.05) is 25.6 Å². The van der Waals surface area contributed by atoms with Crippen LogP contribution in [-0.2, 0) is 4.74 Å². The molecule has 1 aliphatic heterocycles. The fourth-order valence-corrected chi connectivity index (χ4v) is 1.64.